The Labute approximate surface area is 150 Å². The number of H-pyrrole nitrogens is 1. The summed E-state index contributed by atoms with van der Waals surface area (Å²) >= 11 is 2.12. The molecule has 0 aliphatic rings. The molecule has 7 heteroatoms. The van der Waals surface area contributed by atoms with E-state index in [2.05, 4.69) is 32.3 Å². The van der Waals surface area contributed by atoms with Gasteiger partial charge in [-0.15, -0.1) is 0 Å². The molecule has 2 aromatic carbocycles. The smallest absolute Gasteiger partial charge is 0.337 e. The number of halogens is 1. The van der Waals surface area contributed by atoms with Gasteiger partial charge >= 0.3 is 11.7 Å². The minimum atomic E-state index is -0.467. The highest BCUT2D eigenvalue weighted by Gasteiger charge is 2.10. The fourth-order valence-corrected chi connectivity index (χ4v) is 2.90. The standard InChI is InChI=1S/C17H13IN2O4/c1-24-16(22)11-4-2-10(3-5-11)9-20-15(21)13-8-12(18)6-7-14(13)19-17(20)23/h2-8H,9H2,1H3,(H,19,23). The first-order valence-electron chi connectivity index (χ1n) is 7.09. The minimum absolute atomic E-state index is 0.122. The number of nitrogens with one attached hydrogen (secondary N) is 1. The van der Waals surface area contributed by atoms with Crippen LogP contribution in [-0.2, 0) is 11.3 Å². The number of hydrogen-bond acceptors (Lipinski definition) is 4. The zero-order valence-corrected chi connectivity index (χ0v) is 14.9. The van der Waals surface area contributed by atoms with Crippen LogP contribution >= 0.6 is 22.6 Å². The van der Waals surface area contributed by atoms with Crippen LogP contribution in [0.1, 0.15) is 15.9 Å². The van der Waals surface area contributed by atoms with Crippen LogP contribution in [0.4, 0.5) is 0 Å². The Balaban J connectivity index is 2.02. The molecule has 0 atom stereocenters. The Hall–Kier alpha value is -2.42. The molecule has 0 fully saturated rings. The Morgan fingerprint density at radius 3 is 2.54 bits per heavy atom. The van der Waals surface area contributed by atoms with Crippen LogP contribution < -0.4 is 11.2 Å². The highest BCUT2D eigenvalue weighted by Crippen LogP contribution is 2.11. The molecule has 6 nitrogen and oxygen atoms in total. The van der Waals surface area contributed by atoms with Gasteiger partial charge in [-0.3, -0.25) is 9.36 Å². The first kappa shape index (κ1) is 16.4. The lowest BCUT2D eigenvalue weighted by atomic mass is 10.1. The number of benzene rings is 2. The first-order valence-corrected chi connectivity index (χ1v) is 8.17. The Kier molecular flexibility index (Phi) is 4.52. The summed E-state index contributed by atoms with van der Waals surface area (Å²) in [7, 11) is 1.31. The van der Waals surface area contributed by atoms with Gasteiger partial charge in [0.05, 0.1) is 30.1 Å². The van der Waals surface area contributed by atoms with Gasteiger partial charge in [0.15, 0.2) is 0 Å². The van der Waals surface area contributed by atoms with Crippen LogP contribution in [-0.4, -0.2) is 22.6 Å². The minimum Gasteiger partial charge on any atom is -0.465 e. The monoisotopic (exact) mass is 436 g/mol. The second kappa shape index (κ2) is 6.60. The molecule has 122 valence electrons. The van der Waals surface area contributed by atoms with Crippen molar-refractivity contribution < 1.29 is 9.53 Å². The number of methoxy groups -OCH3 is 1. The third-order valence-electron chi connectivity index (χ3n) is 3.66. The summed E-state index contributed by atoms with van der Waals surface area (Å²) in [4.78, 5) is 38.9. The van der Waals surface area contributed by atoms with Gasteiger partial charge < -0.3 is 9.72 Å². The van der Waals surface area contributed by atoms with Crippen molar-refractivity contribution in [2.24, 2.45) is 0 Å². The third-order valence-corrected chi connectivity index (χ3v) is 4.33. The van der Waals surface area contributed by atoms with E-state index in [9.17, 15) is 14.4 Å². The molecule has 0 amide bonds. The van der Waals surface area contributed by atoms with Gasteiger partial charge in [-0.05, 0) is 58.5 Å². The molecule has 0 saturated carbocycles. The normalized spacial score (nSPS) is 10.8. The van der Waals surface area contributed by atoms with E-state index < -0.39 is 11.7 Å². The number of esters is 1. The summed E-state index contributed by atoms with van der Waals surface area (Å²) in [6.07, 6.45) is 0. The summed E-state index contributed by atoms with van der Waals surface area (Å²) in [6.45, 7) is 0.122. The van der Waals surface area contributed by atoms with Crippen molar-refractivity contribution in [3.63, 3.8) is 0 Å². The van der Waals surface area contributed by atoms with Gasteiger partial charge in [0.1, 0.15) is 0 Å². The molecule has 0 aliphatic carbocycles. The number of hydrogen-bond donors (Lipinski definition) is 1. The Morgan fingerprint density at radius 1 is 1.17 bits per heavy atom. The second-order valence-corrected chi connectivity index (χ2v) is 6.45. The van der Waals surface area contributed by atoms with E-state index in [1.54, 1.807) is 36.4 Å². The maximum Gasteiger partial charge on any atom is 0.337 e. The second-order valence-electron chi connectivity index (χ2n) is 5.20. The molecule has 3 aromatic rings. The van der Waals surface area contributed by atoms with Crippen LogP contribution in [0.15, 0.2) is 52.1 Å². The summed E-state index contributed by atoms with van der Waals surface area (Å²) in [6, 6.07) is 11.9. The topological polar surface area (TPSA) is 81.2 Å². The Bertz CT molecular complexity index is 1040. The fourth-order valence-electron chi connectivity index (χ4n) is 2.41. The van der Waals surface area contributed by atoms with Crippen LogP contribution in [0.3, 0.4) is 0 Å². The third kappa shape index (κ3) is 3.12. The van der Waals surface area contributed by atoms with E-state index in [0.29, 0.717) is 16.5 Å². The van der Waals surface area contributed by atoms with Crippen molar-refractivity contribution in [3.05, 3.63) is 78.0 Å². The van der Waals surface area contributed by atoms with Gasteiger partial charge in [0.25, 0.3) is 5.56 Å². The van der Waals surface area contributed by atoms with E-state index in [4.69, 9.17) is 0 Å². The van der Waals surface area contributed by atoms with E-state index in [1.807, 2.05) is 6.07 Å². The molecular weight excluding hydrogens is 423 g/mol. The molecule has 1 N–H and O–H groups in total. The molecule has 0 saturated heterocycles. The van der Waals surface area contributed by atoms with Gasteiger partial charge in [0.2, 0.25) is 0 Å². The molecule has 1 heterocycles. The fraction of sp³-hybridized carbons (Fsp3) is 0.118. The van der Waals surface area contributed by atoms with Crippen LogP contribution in [0, 0.1) is 3.57 Å². The van der Waals surface area contributed by atoms with Gasteiger partial charge in [-0.2, -0.15) is 0 Å². The number of carbonyl (C=O) groups is 1. The highest BCUT2D eigenvalue weighted by molar-refractivity contribution is 14.1. The van der Waals surface area contributed by atoms with E-state index in [0.717, 1.165) is 13.7 Å². The molecule has 3 rings (SSSR count). The molecule has 0 bridgehead atoms. The lowest BCUT2D eigenvalue weighted by Crippen LogP contribution is -2.35. The van der Waals surface area contributed by atoms with Gasteiger partial charge in [-0.1, -0.05) is 12.1 Å². The van der Waals surface area contributed by atoms with E-state index in [1.165, 1.54) is 7.11 Å². The number of rotatable bonds is 3. The number of fused-ring (bicyclic) bond motifs is 1. The molecule has 0 unspecified atom stereocenters. The van der Waals surface area contributed by atoms with E-state index in [-0.39, 0.29) is 12.1 Å². The van der Waals surface area contributed by atoms with Gasteiger partial charge in [0, 0.05) is 3.57 Å². The van der Waals surface area contributed by atoms with Crippen molar-refractivity contribution in [2.45, 2.75) is 6.54 Å². The van der Waals surface area contributed by atoms with Crippen molar-refractivity contribution >= 4 is 39.5 Å². The summed E-state index contributed by atoms with van der Waals surface area (Å²) in [5.74, 6) is -0.433. The summed E-state index contributed by atoms with van der Waals surface area (Å²) < 4.78 is 6.70. The maximum absolute atomic E-state index is 12.6. The maximum atomic E-state index is 12.6. The number of nitrogens with zero attached hydrogens (tertiary/aromatic N) is 1. The van der Waals surface area contributed by atoms with Crippen LogP contribution in [0.2, 0.25) is 0 Å². The zero-order valence-electron chi connectivity index (χ0n) is 12.7. The first-order chi connectivity index (χ1) is 11.5. The number of carbonyl (C=O) groups excluding carboxylic acids is 1. The molecule has 0 aliphatic heterocycles. The summed E-state index contributed by atoms with van der Waals surface area (Å²) in [5.41, 5.74) is 0.855. The lowest BCUT2D eigenvalue weighted by Gasteiger charge is -2.07. The predicted molar refractivity (Wildman–Crippen MR) is 98.4 cm³/mol. The average Bonchev–Trinajstić information content (AvgIpc) is 2.59. The predicted octanol–water partition coefficient (Wildman–Crippen LogP) is 2.13. The van der Waals surface area contributed by atoms with Crippen LogP contribution in [0.5, 0.6) is 0 Å². The number of aromatic amines is 1. The van der Waals surface area contributed by atoms with Gasteiger partial charge in [-0.25, -0.2) is 9.59 Å². The largest absolute Gasteiger partial charge is 0.465 e. The molecule has 0 radical (unpaired) electrons. The Morgan fingerprint density at radius 2 is 1.88 bits per heavy atom. The summed E-state index contributed by atoms with van der Waals surface area (Å²) in [5, 5.41) is 0.465. The molecular formula is C17H13IN2O4. The number of aromatic nitrogens is 2. The van der Waals surface area contributed by atoms with Crippen molar-refractivity contribution in [2.75, 3.05) is 7.11 Å². The number of ether oxygens (including phenoxy) is 1. The SMILES string of the molecule is COC(=O)c1ccc(Cn2c(=O)[nH]c3ccc(I)cc3c2=O)cc1. The molecule has 24 heavy (non-hydrogen) atoms. The van der Waals surface area contributed by atoms with Crippen molar-refractivity contribution in [1.82, 2.24) is 9.55 Å². The quantitative estimate of drug-likeness (QED) is 0.504. The zero-order chi connectivity index (χ0) is 17.3. The van der Waals surface area contributed by atoms with Crippen LogP contribution in [0.25, 0.3) is 10.9 Å². The highest BCUT2D eigenvalue weighted by atomic mass is 127. The van der Waals surface area contributed by atoms with Crippen molar-refractivity contribution in [3.8, 4) is 0 Å². The molecule has 0 spiro atoms. The van der Waals surface area contributed by atoms with E-state index >= 15 is 0 Å². The lowest BCUT2D eigenvalue weighted by molar-refractivity contribution is 0.0600. The molecule has 1 aromatic heterocycles. The van der Waals surface area contributed by atoms with Crippen molar-refractivity contribution in [1.29, 1.82) is 0 Å². The average molecular weight is 436 g/mol.